The second-order valence-corrected chi connectivity index (χ2v) is 8.14. The van der Waals surface area contributed by atoms with E-state index in [0.717, 1.165) is 11.3 Å². The van der Waals surface area contributed by atoms with Gasteiger partial charge in [-0.15, -0.1) is 21.6 Å². The first-order valence-corrected chi connectivity index (χ1v) is 11.8. The van der Waals surface area contributed by atoms with Gasteiger partial charge in [-0.1, -0.05) is 30.3 Å². The van der Waals surface area contributed by atoms with Crippen LogP contribution in [-0.2, 0) is 14.3 Å². The topological polar surface area (TPSA) is 140 Å². The fraction of sp³-hybridized carbons (Fsp3) is 0.200. The first-order valence-electron chi connectivity index (χ1n) is 11.0. The van der Waals surface area contributed by atoms with Crippen LogP contribution in [0.5, 0.6) is 0 Å². The molecule has 36 heavy (non-hydrogen) atoms. The zero-order chi connectivity index (χ0) is 26.1. The van der Waals surface area contributed by atoms with Gasteiger partial charge in [0.1, 0.15) is 10.4 Å². The van der Waals surface area contributed by atoms with Gasteiger partial charge in [-0.25, -0.2) is 9.59 Å². The fourth-order valence-corrected chi connectivity index (χ4v) is 4.07. The summed E-state index contributed by atoms with van der Waals surface area (Å²) < 4.78 is 10.2. The number of aromatic nitrogens is 1. The van der Waals surface area contributed by atoms with Crippen molar-refractivity contribution >= 4 is 45.6 Å². The van der Waals surface area contributed by atoms with E-state index in [4.69, 9.17) is 9.47 Å². The predicted molar refractivity (Wildman–Crippen MR) is 134 cm³/mol. The zero-order valence-corrected chi connectivity index (χ0v) is 20.7. The highest BCUT2D eigenvalue weighted by Crippen LogP contribution is 2.37. The number of nitrogens with zero attached hydrogens (tertiary/aromatic N) is 3. The van der Waals surface area contributed by atoms with Gasteiger partial charge in [0.05, 0.1) is 25.1 Å². The number of amides is 1. The maximum atomic E-state index is 13.1. The van der Waals surface area contributed by atoms with Crippen molar-refractivity contribution in [3.63, 3.8) is 0 Å². The molecule has 0 radical (unpaired) electrons. The molecule has 1 amide bonds. The fourth-order valence-electron chi connectivity index (χ4n) is 3.06. The Kier molecular flexibility index (Phi) is 9.01. The SMILES string of the molecule is CCOC(=O)c1sc(N=N/C(C(=O)Nc2cccnc2)=C(\O)c2ccccc2)c(C(=O)OCC)c1C. The molecular weight excluding hydrogens is 484 g/mol. The molecule has 0 saturated heterocycles. The summed E-state index contributed by atoms with van der Waals surface area (Å²) in [6, 6.07) is 11.6. The molecule has 0 aliphatic rings. The number of pyridine rings is 1. The summed E-state index contributed by atoms with van der Waals surface area (Å²) in [5.41, 5.74) is 0.639. The summed E-state index contributed by atoms with van der Waals surface area (Å²) in [6.45, 7) is 5.13. The monoisotopic (exact) mass is 508 g/mol. The average molecular weight is 509 g/mol. The van der Waals surface area contributed by atoms with Gasteiger partial charge in [-0.2, -0.15) is 0 Å². The van der Waals surface area contributed by atoms with Gasteiger partial charge < -0.3 is 19.9 Å². The number of rotatable bonds is 9. The first-order chi connectivity index (χ1) is 17.4. The number of carbonyl (C=O) groups is 3. The molecule has 0 fully saturated rings. The lowest BCUT2D eigenvalue weighted by atomic mass is 10.1. The minimum absolute atomic E-state index is 0.0277. The summed E-state index contributed by atoms with van der Waals surface area (Å²) in [7, 11) is 0. The number of benzene rings is 1. The second kappa shape index (κ2) is 12.4. The molecule has 10 nitrogen and oxygen atoms in total. The highest BCUT2D eigenvalue weighted by molar-refractivity contribution is 7.18. The van der Waals surface area contributed by atoms with Crippen LogP contribution in [0, 0.1) is 6.92 Å². The van der Waals surface area contributed by atoms with Crippen molar-refractivity contribution < 1.29 is 29.0 Å². The van der Waals surface area contributed by atoms with Gasteiger partial charge in [0.15, 0.2) is 16.5 Å². The van der Waals surface area contributed by atoms with E-state index in [0.29, 0.717) is 16.8 Å². The van der Waals surface area contributed by atoms with E-state index >= 15 is 0 Å². The summed E-state index contributed by atoms with van der Waals surface area (Å²) >= 11 is 0.872. The van der Waals surface area contributed by atoms with Gasteiger partial charge in [0.2, 0.25) is 0 Å². The van der Waals surface area contributed by atoms with E-state index in [9.17, 15) is 19.5 Å². The summed E-state index contributed by atoms with van der Waals surface area (Å²) in [4.78, 5) is 42.2. The molecule has 0 spiro atoms. The van der Waals surface area contributed by atoms with Gasteiger partial charge in [-0.05, 0) is 38.5 Å². The van der Waals surface area contributed by atoms with Gasteiger partial charge in [0.25, 0.3) is 5.91 Å². The van der Waals surface area contributed by atoms with Crippen molar-refractivity contribution in [1.82, 2.24) is 4.98 Å². The third-order valence-electron chi connectivity index (χ3n) is 4.72. The predicted octanol–water partition coefficient (Wildman–Crippen LogP) is 5.45. The molecule has 0 aliphatic carbocycles. The van der Waals surface area contributed by atoms with Crippen molar-refractivity contribution in [1.29, 1.82) is 0 Å². The highest BCUT2D eigenvalue weighted by atomic mass is 32.1. The molecule has 3 aromatic rings. The lowest BCUT2D eigenvalue weighted by Crippen LogP contribution is -2.15. The van der Waals surface area contributed by atoms with Crippen molar-refractivity contribution in [3.05, 3.63) is 82.1 Å². The molecule has 0 unspecified atom stereocenters. The second-order valence-electron chi connectivity index (χ2n) is 7.14. The lowest BCUT2D eigenvalue weighted by Gasteiger charge is -2.08. The van der Waals surface area contributed by atoms with E-state index in [1.165, 1.54) is 6.20 Å². The van der Waals surface area contributed by atoms with Crippen molar-refractivity contribution in [3.8, 4) is 0 Å². The molecule has 0 bridgehead atoms. The Morgan fingerprint density at radius 3 is 2.36 bits per heavy atom. The molecular formula is C25H24N4O6S. The lowest BCUT2D eigenvalue weighted by molar-refractivity contribution is -0.112. The molecule has 11 heteroatoms. The molecule has 186 valence electrons. The molecule has 2 aromatic heterocycles. The summed E-state index contributed by atoms with van der Waals surface area (Å²) in [5.74, 6) is -2.51. The minimum atomic E-state index is -0.760. The molecule has 0 atom stereocenters. The number of ether oxygens (including phenoxy) is 2. The Morgan fingerprint density at radius 2 is 1.72 bits per heavy atom. The van der Waals surface area contributed by atoms with Crippen LogP contribution in [0.25, 0.3) is 5.76 Å². The first kappa shape index (κ1) is 26.2. The van der Waals surface area contributed by atoms with E-state index < -0.39 is 29.3 Å². The number of nitrogens with one attached hydrogen (secondary N) is 1. The van der Waals surface area contributed by atoms with E-state index in [2.05, 4.69) is 20.5 Å². The van der Waals surface area contributed by atoms with Crippen LogP contribution in [0.15, 0.2) is 70.8 Å². The molecule has 0 saturated carbocycles. The van der Waals surface area contributed by atoms with Crippen LogP contribution in [0.1, 0.15) is 45.0 Å². The van der Waals surface area contributed by atoms with Gasteiger partial charge in [-0.3, -0.25) is 9.78 Å². The Morgan fingerprint density at radius 1 is 1.03 bits per heavy atom. The van der Waals surface area contributed by atoms with Crippen LogP contribution in [0.2, 0.25) is 0 Å². The Hall–Kier alpha value is -4.38. The molecule has 1 aromatic carbocycles. The zero-order valence-electron chi connectivity index (χ0n) is 19.8. The van der Waals surface area contributed by atoms with Crippen LogP contribution in [0.4, 0.5) is 10.7 Å². The molecule has 3 rings (SSSR count). The number of anilines is 1. The van der Waals surface area contributed by atoms with Crippen LogP contribution in [0.3, 0.4) is 0 Å². The largest absolute Gasteiger partial charge is 0.505 e. The quantitative estimate of drug-likeness (QED) is 0.169. The van der Waals surface area contributed by atoms with Crippen LogP contribution in [-0.4, -0.2) is 41.2 Å². The number of carbonyl (C=O) groups excluding carboxylic acids is 3. The number of thiophene rings is 1. The Labute approximate surface area is 211 Å². The normalized spacial score (nSPS) is 11.6. The molecule has 0 aliphatic heterocycles. The Balaban J connectivity index is 2.09. The minimum Gasteiger partial charge on any atom is -0.505 e. The van der Waals surface area contributed by atoms with Crippen molar-refractivity contribution in [2.24, 2.45) is 10.2 Å². The molecule has 2 N–H and O–H groups in total. The van der Waals surface area contributed by atoms with Crippen LogP contribution >= 0.6 is 11.3 Å². The summed E-state index contributed by atoms with van der Waals surface area (Å²) in [6.07, 6.45) is 2.98. The van der Waals surface area contributed by atoms with E-state index in [-0.39, 0.29) is 28.7 Å². The smallest absolute Gasteiger partial charge is 0.348 e. The van der Waals surface area contributed by atoms with E-state index in [1.54, 1.807) is 69.4 Å². The third kappa shape index (κ3) is 6.19. The standard InChI is InChI=1S/C25H24N4O6S/c1-4-34-24(32)18-15(3)21(25(33)35-5-2)36-23(18)29-28-19(20(30)16-10-7-6-8-11-16)22(31)27-17-12-9-13-26-14-17/h6-14,30H,4-5H2,1-3H3,(H,27,31)/b20-19-,29-28?. The highest BCUT2D eigenvalue weighted by Gasteiger charge is 2.27. The van der Waals surface area contributed by atoms with Crippen molar-refractivity contribution in [2.75, 3.05) is 18.5 Å². The van der Waals surface area contributed by atoms with Gasteiger partial charge in [0, 0.05) is 11.8 Å². The number of hydrogen-bond acceptors (Lipinski definition) is 10. The number of aliphatic hydroxyl groups is 1. The van der Waals surface area contributed by atoms with E-state index in [1.807, 2.05) is 0 Å². The average Bonchev–Trinajstić information content (AvgIpc) is 3.21. The number of esters is 2. The Bertz CT molecular complexity index is 1300. The van der Waals surface area contributed by atoms with Crippen molar-refractivity contribution in [2.45, 2.75) is 20.8 Å². The number of azo groups is 1. The summed E-state index contributed by atoms with van der Waals surface area (Å²) in [5, 5.41) is 21.6. The van der Waals surface area contributed by atoms with Gasteiger partial charge >= 0.3 is 11.9 Å². The molecule has 2 heterocycles. The third-order valence-corrected chi connectivity index (χ3v) is 5.87. The maximum Gasteiger partial charge on any atom is 0.348 e. The number of aliphatic hydroxyl groups excluding tert-OH is 1. The van der Waals surface area contributed by atoms with Crippen LogP contribution < -0.4 is 5.32 Å². The number of hydrogen-bond donors (Lipinski definition) is 2. The maximum absolute atomic E-state index is 13.1.